The lowest BCUT2D eigenvalue weighted by molar-refractivity contribution is -0.147. The molecule has 4 heteroatoms. The summed E-state index contributed by atoms with van der Waals surface area (Å²) in [6.45, 7) is 2.61. The highest BCUT2D eigenvalue weighted by Crippen LogP contribution is 2.15. The molecule has 0 aromatic rings. The normalized spacial score (nSPS) is 19.6. The number of methoxy groups -OCH3 is 2. The number of rotatable bonds is 5. The van der Waals surface area contributed by atoms with Crippen LogP contribution in [0.3, 0.4) is 0 Å². The Hall–Kier alpha value is -0.610. The van der Waals surface area contributed by atoms with Crippen LogP contribution in [0.2, 0.25) is 0 Å². The van der Waals surface area contributed by atoms with E-state index in [9.17, 15) is 4.79 Å². The van der Waals surface area contributed by atoms with E-state index in [4.69, 9.17) is 9.47 Å². The van der Waals surface area contributed by atoms with Crippen molar-refractivity contribution in [2.45, 2.75) is 25.3 Å². The molecule has 82 valence electrons. The monoisotopic (exact) mass is 201 g/mol. The molecule has 4 nitrogen and oxygen atoms in total. The molecule has 0 aromatic heterocycles. The van der Waals surface area contributed by atoms with Gasteiger partial charge in [-0.25, -0.2) is 0 Å². The average Bonchev–Trinajstić information content (AvgIpc) is 2.71. The van der Waals surface area contributed by atoms with Crippen LogP contribution in [-0.4, -0.2) is 50.8 Å². The Labute approximate surface area is 85.2 Å². The highest BCUT2D eigenvalue weighted by molar-refractivity contribution is 5.75. The van der Waals surface area contributed by atoms with Crippen molar-refractivity contribution in [2.75, 3.05) is 33.9 Å². The number of ether oxygens (including phenoxy) is 2. The van der Waals surface area contributed by atoms with Crippen molar-refractivity contribution in [3.63, 3.8) is 0 Å². The maximum absolute atomic E-state index is 11.5. The molecule has 0 radical (unpaired) electrons. The lowest BCUT2D eigenvalue weighted by Gasteiger charge is -2.24. The number of hydrogen-bond donors (Lipinski definition) is 0. The van der Waals surface area contributed by atoms with E-state index in [1.54, 1.807) is 7.11 Å². The molecule has 0 aromatic carbocycles. The largest absolute Gasteiger partial charge is 0.468 e. The minimum absolute atomic E-state index is 0.109. The summed E-state index contributed by atoms with van der Waals surface area (Å²) >= 11 is 0. The van der Waals surface area contributed by atoms with Gasteiger partial charge < -0.3 is 9.47 Å². The predicted octanol–water partition coefficient (Wildman–Crippen LogP) is 0.660. The summed E-state index contributed by atoms with van der Waals surface area (Å²) in [5.74, 6) is -0.135. The van der Waals surface area contributed by atoms with Crippen molar-refractivity contribution in [2.24, 2.45) is 0 Å². The van der Waals surface area contributed by atoms with Crippen molar-refractivity contribution in [3.05, 3.63) is 0 Å². The maximum Gasteiger partial charge on any atom is 0.323 e. The first-order valence-electron chi connectivity index (χ1n) is 5.10. The van der Waals surface area contributed by atoms with E-state index >= 15 is 0 Å². The Morgan fingerprint density at radius 3 is 2.50 bits per heavy atom. The van der Waals surface area contributed by atoms with E-state index in [2.05, 4.69) is 4.90 Å². The Balaban J connectivity index is 2.46. The minimum atomic E-state index is -0.135. The summed E-state index contributed by atoms with van der Waals surface area (Å²) in [6.07, 6.45) is 3.09. The predicted molar refractivity (Wildman–Crippen MR) is 53.1 cm³/mol. The summed E-state index contributed by atoms with van der Waals surface area (Å²) in [5.41, 5.74) is 0. The van der Waals surface area contributed by atoms with Gasteiger partial charge in [-0.3, -0.25) is 9.69 Å². The fraction of sp³-hybridized carbons (Fsp3) is 0.900. The van der Waals surface area contributed by atoms with Crippen molar-refractivity contribution in [1.82, 2.24) is 4.90 Å². The second-order valence-corrected chi connectivity index (χ2v) is 3.56. The highest BCUT2D eigenvalue weighted by atomic mass is 16.5. The summed E-state index contributed by atoms with van der Waals surface area (Å²) in [6, 6.07) is -0.109. The first kappa shape index (κ1) is 11.5. The molecule has 1 aliphatic heterocycles. The van der Waals surface area contributed by atoms with Crippen molar-refractivity contribution >= 4 is 5.97 Å². The molecule has 14 heavy (non-hydrogen) atoms. The van der Waals surface area contributed by atoms with Gasteiger partial charge in [0.05, 0.1) is 7.11 Å². The van der Waals surface area contributed by atoms with Gasteiger partial charge in [0.25, 0.3) is 0 Å². The van der Waals surface area contributed by atoms with Gasteiger partial charge in [0.2, 0.25) is 0 Å². The number of likely N-dealkylation sites (tertiary alicyclic amines) is 1. The molecule has 1 rings (SSSR count). The van der Waals surface area contributed by atoms with E-state index in [-0.39, 0.29) is 12.0 Å². The zero-order chi connectivity index (χ0) is 10.4. The Morgan fingerprint density at radius 1 is 1.36 bits per heavy atom. The summed E-state index contributed by atoms with van der Waals surface area (Å²) in [5, 5.41) is 0. The number of carbonyl (C=O) groups excluding carboxylic acids is 1. The molecule has 1 fully saturated rings. The van der Waals surface area contributed by atoms with Crippen LogP contribution < -0.4 is 0 Å². The van der Waals surface area contributed by atoms with Gasteiger partial charge in [0.1, 0.15) is 6.04 Å². The van der Waals surface area contributed by atoms with Crippen LogP contribution in [-0.2, 0) is 14.3 Å². The van der Waals surface area contributed by atoms with Crippen LogP contribution in [0.15, 0.2) is 0 Å². The zero-order valence-electron chi connectivity index (χ0n) is 8.99. The molecule has 1 atom stereocenters. The Morgan fingerprint density at radius 2 is 2.00 bits per heavy atom. The van der Waals surface area contributed by atoms with Gasteiger partial charge in [0.15, 0.2) is 0 Å². The number of carbonyl (C=O) groups is 1. The molecule has 0 spiro atoms. The van der Waals surface area contributed by atoms with Crippen LogP contribution in [0.25, 0.3) is 0 Å². The topological polar surface area (TPSA) is 38.8 Å². The third-order valence-corrected chi connectivity index (χ3v) is 2.65. The van der Waals surface area contributed by atoms with Gasteiger partial charge in [-0.15, -0.1) is 0 Å². The number of hydrogen-bond acceptors (Lipinski definition) is 4. The summed E-state index contributed by atoms with van der Waals surface area (Å²) in [4.78, 5) is 13.7. The smallest absolute Gasteiger partial charge is 0.323 e. The molecule has 1 aliphatic rings. The van der Waals surface area contributed by atoms with Gasteiger partial charge >= 0.3 is 5.97 Å². The van der Waals surface area contributed by atoms with Crippen LogP contribution in [0.1, 0.15) is 19.3 Å². The molecule has 0 saturated carbocycles. The first-order valence-corrected chi connectivity index (χ1v) is 5.10. The van der Waals surface area contributed by atoms with Crippen LogP contribution >= 0.6 is 0 Å². The molecule has 0 N–H and O–H groups in total. The minimum Gasteiger partial charge on any atom is -0.468 e. The van der Waals surface area contributed by atoms with E-state index in [1.807, 2.05) is 0 Å². The fourth-order valence-electron chi connectivity index (χ4n) is 1.87. The third-order valence-electron chi connectivity index (χ3n) is 2.65. The van der Waals surface area contributed by atoms with Gasteiger partial charge in [-0.05, 0) is 32.4 Å². The second kappa shape index (κ2) is 5.98. The van der Waals surface area contributed by atoms with E-state index in [0.29, 0.717) is 6.61 Å². The molecule has 1 saturated heterocycles. The van der Waals surface area contributed by atoms with E-state index in [0.717, 1.165) is 19.5 Å². The quantitative estimate of drug-likeness (QED) is 0.612. The fourth-order valence-corrected chi connectivity index (χ4v) is 1.87. The Bertz CT molecular complexity index is 178. The second-order valence-electron chi connectivity index (χ2n) is 3.56. The van der Waals surface area contributed by atoms with Gasteiger partial charge in [-0.1, -0.05) is 0 Å². The van der Waals surface area contributed by atoms with E-state index < -0.39 is 0 Å². The Kier molecular flexibility index (Phi) is 4.90. The molecule has 0 amide bonds. The lowest BCUT2D eigenvalue weighted by Crippen LogP contribution is -2.40. The molecule has 1 heterocycles. The molecular formula is C10H19NO3. The first-order chi connectivity index (χ1) is 6.79. The molecule has 0 bridgehead atoms. The highest BCUT2D eigenvalue weighted by Gasteiger charge is 2.28. The van der Waals surface area contributed by atoms with Crippen LogP contribution in [0.4, 0.5) is 0 Å². The van der Waals surface area contributed by atoms with Crippen molar-refractivity contribution < 1.29 is 14.3 Å². The molecule has 1 unspecified atom stereocenters. The number of esters is 1. The van der Waals surface area contributed by atoms with E-state index in [1.165, 1.54) is 20.0 Å². The molecular weight excluding hydrogens is 182 g/mol. The van der Waals surface area contributed by atoms with Gasteiger partial charge in [0, 0.05) is 13.7 Å². The standard InChI is InChI=1S/C10H19NO3/c1-13-8-5-9(10(12)14-2)11-6-3-4-7-11/h9H,3-8H2,1-2H3. The summed E-state index contributed by atoms with van der Waals surface area (Å²) < 4.78 is 9.78. The lowest BCUT2D eigenvalue weighted by atomic mass is 10.2. The SMILES string of the molecule is COCCC(C(=O)OC)N1CCCC1. The molecule has 0 aliphatic carbocycles. The van der Waals surface area contributed by atoms with Crippen molar-refractivity contribution in [1.29, 1.82) is 0 Å². The van der Waals surface area contributed by atoms with Crippen LogP contribution in [0.5, 0.6) is 0 Å². The maximum atomic E-state index is 11.5. The number of nitrogens with zero attached hydrogens (tertiary/aromatic N) is 1. The van der Waals surface area contributed by atoms with Crippen molar-refractivity contribution in [3.8, 4) is 0 Å². The summed E-state index contributed by atoms with van der Waals surface area (Å²) in [7, 11) is 3.09. The zero-order valence-corrected chi connectivity index (χ0v) is 8.99. The van der Waals surface area contributed by atoms with Gasteiger partial charge in [-0.2, -0.15) is 0 Å². The average molecular weight is 201 g/mol. The van der Waals surface area contributed by atoms with Crippen LogP contribution in [0, 0.1) is 0 Å². The third kappa shape index (κ3) is 2.96.